The number of nitrogens with zero attached hydrogens (tertiary/aromatic N) is 7. The summed E-state index contributed by atoms with van der Waals surface area (Å²) < 4.78 is 48.0. The fourth-order valence-corrected chi connectivity index (χ4v) is 4.24. The zero-order chi connectivity index (χ0) is 24.1. The first kappa shape index (κ1) is 21.0. The van der Waals surface area contributed by atoms with Crippen molar-refractivity contribution < 1.29 is 22.4 Å². The van der Waals surface area contributed by atoms with Crippen molar-refractivity contribution in [2.75, 3.05) is 6.54 Å². The zero-order valence-electron chi connectivity index (χ0n) is 17.8. The number of rotatable bonds is 4. The molecule has 0 saturated heterocycles. The number of imidazole rings is 1. The topological polar surface area (TPSA) is 118 Å². The molecule has 6 rings (SSSR count). The highest BCUT2D eigenvalue weighted by atomic mass is 19.3. The predicted octanol–water partition coefficient (Wildman–Crippen LogP) is 3.37. The van der Waals surface area contributed by atoms with Crippen LogP contribution in [0.2, 0.25) is 0 Å². The molecule has 5 aromatic heterocycles. The van der Waals surface area contributed by atoms with E-state index in [1.807, 2.05) is 0 Å². The highest BCUT2D eigenvalue weighted by molar-refractivity contribution is 5.90. The van der Waals surface area contributed by atoms with E-state index in [-0.39, 0.29) is 35.1 Å². The van der Waals surface area contributed by atoms with Gasteiger partial charge in [0.05, 0.1) is 23.2 Å². The maximum absolute atomic E-state index is 14.1. The van der Waals surface area contributed by atoms with Crippen LogP contribution in [-0.4, -0.2) is 52.1 Å². The molecule has 10 nitrogen and oxygen atoms in total. The van der Waals surface area contributed by atoms with Crippen molar-refractivity contribution in [3.05, 3.63) is 83.4 Å². The number of alkyl halides is 2. The summed E-state index contributed by atoms with van der Waals surface area (Å²) in [5.41, 5.74) is 1.53. The van der Waals surface area contributed by atoms with Crippen LogP contribution >= 0.6 is 0 Å². The molecule has 1 N–H and O–H groups in total. The van der Waals surface area contributed by atoms with Gasteiger partial charge in [-0.1, -0.05) is 0 Å². The highest BCUT2D eigenvalue weighted by Crippen LogP contribution is 2.35. The molecule has 0 spiro atoms. The van der Waals surface area contributed by atoms with Gasteiger partial charge < -0.3 is 14.3 Å². The molecule has 0 aromatic carbocycles. The molecule has 0 fully saturated rings. The van der Waals surface area contributed by atoms with Gasteiger partial charge in [-0.05, 0) is 30.3 Å². The van der Waals surface area contributed by atoms with Crippen molar-refractivity contribution in [3.63, 3.8) is 0 Å². The van der Waals surface area contributed by atoms with Crippen LogP contribution in [-0.2, 0) is 6.42 Å². The number of aromatic amines is 1. The van der Waals surface area contributed by atoms with Gasteiger partial charge in [0, 0.05) is 36.6 Å². The first-order valence-corrected chi connectivity index (χ1v) is 10.5. The summed E-state index contributed by atoms with van der Waals surface area (Å²) in [4.78, 5) is 26.2. The number of carbonyl (C=O) groups excluding carboxylic acids is 1. The Balaban J connectivity index is 1.42. The van der Waals surface area contributed by atoms with Gasteiger partial charge in [-0.2, -0.15) is 5.10 Å². The Morgan fingerprint density at radius 2 is 2.09 bits per heavy atom. The second kappa shape index (κ2) is 8.04. The van der Waals surface area contributed by atoms with E-state index in [0.29, 0.717) is 17.8 Å². The molecule has 1 atom stereocenters. The summed E-state index contributed by atoms with van der Waals surface area (Å²) >= 11 is 0. The van der Waals surface area contributed by atoms with Crippen LogP contribution in [0.15, 0.2) is 53.5 Å². The normalized spacial score (nSPS) is 15.7. The number of hydrogen-bond acceptors (Lipinski definition) is 7. The van der Waals surface area contributed by atoms with Gasteiger partial charge in [-0.15, -0.1) is 10.2 Å². The Hall–Kier alpha value is -4.55. The third-order valence-electron chi connectivity index (χ3n) is 5.82. The Labute approximate surface area is 194 Å². The molecule has 13 heteroatoms. The highest BCUT2D eigenvalue weighted by Gasteiger charge is 2.38. The van der Waals surface area contributed by atoms with Crippen LogP contribution in [0, 0.1) is 5.82 Å². The van der Waals surface area contributed by atoms with Crippen LogP contribution in [0.4, 0.5) is 13.2 Å². The summed E-state index contributed by atoms with van der Waals surface area (Å²) in [6.45, 7) is 0.240. The fourth-order valence-electron chi connectivity index (χ4n) is 4.24. The van der Waals surface area contributed by atoms with E-state index >= 15 is 0 Å². The molecule has 0 bridgehead atoms. The first-order valence-electron chi connectivity index (χ1n) is 10.5. The summed E-state index contributed by atoms with van der Waals surface area (Å²) in [6, 6.07) is 6.11. The van der Waals surface area contributed by atoms with E-state index in [9.17, 15) is 18.0 Å². The van der Waals surface area contributed by atoms with Gasteiger partial charge in [0.15, 0.2) is 11.5 Å². The molecule has 1 aliphatic heterocycles. The molecule has 0 aliphatic carbocycles. The van der Waals surface area contributed by atoms with E-state index in [1.54, 1.807) is 6.20 Å². The van der Waals surface area contributed by atoms with Crippen molar-refractivity contribution in [3.8, 4) is 11.6 Å². The zero-order valence-corrected chi connectivity index (χ0v) is 17.8. The molecule has 1 amide bonds. The van der Waals surface area contributed by atoms with Gasteiger partial charge in [-0.3, -0.25) is 4.79 Å². The van der Waals surface area contributed by atoms with Gasteiger partial charge in [0.25, 0.3) is 12.3 Å². The lowest BCUT2D eigenvalue weighted by molar-refractivity contribution is 0.0646. The van der Waals surface area contributed by atoms with Gasteiger partial charge >= 0.3 is 11.8 Å². The number of fused-ring (bicyclic) bond motifs is 2. The number of halogens is 3. The second-order valence-corrected chi connectivity index (χ2v) is 7.83. The predicted molar refractivity (Wildman–Crippen MR) is 113 cm³/mol. The first-order chi connectivity index (χ1) is 17.0. The Morgan fingerprint density at radius 3 is 2.91 bits per heavy atom. The number of carbonyl (C=O) groups is 1. The standard InChI is InChI=1S/C22H15F3N8O2/c23-12-4-1-6-26-16(12)20-29-30-21(35-20)22(34)32-8-5-13-17(28-10-27-13)18(32)14-9-15-11(19(24)25)3-2-7-33(15)31-14/h1-4,6-7,9-10,18-19H,5,8H2,(H,27,28)/t18-/m1/s1. The van der Waals surface area contributed by atoms with E-state index in [1.165, 1.54) is 52.3 Å². The lowest BCUT2D eigenvalue weighted by Crippen LogP contribution is -2.41. The molecule has 6 heterocycles. The summed E-state index contributed by atoms with van der Waals surface area (Å²) in [7, 11) is 0. The molecule has 0 unspecified atom stereocenters. The third kappa shape index (κ3) is 3.43. The minimum atomic E-state index is -2.70. The number of H-pyrrole nitrogens is 1. The van der Waals surface area contributed by atoms with E-state index in [0.717, 1.165) is 5.69 Å². The molecule has 176 valence electrons. The van der Waals surface area contributed by atoms with Crippen LogP contribution in [0.5, 0.6) is 0 Å². The van der Waals surface area contributed by atoms with E-state index in [4.69, 9.17) is 4.42 Å². The molecular weight excluding hydrogens is 465 g/mol. The maximum Gasteiger partial charge on any atom is 0.312 e. The molecule has 35 heavy (non-hydrogen) atoms. The van der Waals surface area contributed by atoms with Gasteiger partial charge in [0.1, 0.15) is 6.04 Å². The van der Waals surface area contributed by atoms with Crippen LogP contribution < -0.4 is 0 Å². The van der Waals surface area contributed by atoms with Crippen LogP contribution in [0.1, 0.15) is 45.8 Å². The molecular formula is C22H15F3N8O2. The fraction of sp³-hybridized carbons (Fsp3) is 0.182. The molecule has 1 aliphatic rings. The van der Waals surface area contributed by atoms with E-state index < -0.39 is 24.2 Å². The summed E-state index contributed by atoms with van der Waals surface area (Å²) in [6.07, 6.45) is 2.18. The summed E-state index contributed by atoms with van der Waals surface area (Å²) in [5.74, 6) is -1.92. The van der Waals surface area contributed by atoms with Gasteiger partial charge in [0.2, 0.25) is 0 Å². The average molecular weight is 480 g/mol. The van der Waals surface area contributed by atoms with Crippen molar-refractivity contribution in [2.45, 2.75) is 18.9 Å². The van der Waals surface area contributed by atoms with Crippen LogP contribution in [0.3, 0.4) is 0 Å². The maximum atomic E-state index is 14.1. The van der Waals surface area contributed by atoms with Crippen molar-refractivity contribution in [1.82, 2.24) is 39.7 Å². The Morgan fingerprint density at radius 1 is 1.20 bits per heavy atom. The third-order valence-corrected chi connectivity index (χ3v) is 5.82. The van der Waals surface area contributed by atoms with Crippen molar-refractivity contribution in [2.24, 2.45) is 0 Å². The Bertz CT molecular complexity index is 1560. The van der Waals surface area contributed by atoms with E-state index in [2.05, 4.69) is 30.2 Å². The number of aromatic nitrogens is 7. The van der Waals surface area contributed by atoms with Gasteiger partial charge in [-0.25, -0.2) is 27.7 Å². The quantitative estimate of drug-likeness (QED) is 0.419. The minimum absolute atomic E-state index is 0.177. The number of nitrogens with one attached hydrogen (secondary N) is 1. The largest absolute Gasteiger partial charge is 0.411 e. The van der Waals surface area contributed by atoms with Crippen molar-refractivity contribution >= 4 is 11.4 Å². The number of hydrogen-bond donors (Lipinski definition) is 1. The number of amides is 1. The molecule has 0 saturated carbocycles. The second-order valence-electron chi connectivity index (χ2n) is 7.83. The van der Waals surface area contributed by atoms with Crippen LogP contribution in [0.25, 0.3) is 17.1 Å². The lowest BCUT2D eigenvalue weighted by atomic mass is 9.99. The monoisotopic (exact) mass is 480 g/mol. The smallest absolute Gasteiger partial charge is 0.312 e. The summed E-state index contributed by atoms with van der Waals surface area (Å²) in [5, 5.41) is 12.0. The number of pyridine rings is 2. The molecule has 5 aromatic rings. The lowest BCUT2D eigenvalue weighted by Gasteiger charge is -2.32. The molecule has 0 radical (unpaired) electrons. The SMILES string of the molecule is O=C(c1nnc(-c2ncccc2F)o1)N1CCc2[nH]cnc2[C@H]1c1cc2c(C(F)F)cccn2n1. The van der Waals surface area contributed by atoms with Crippen molar-refractivity contribution in [1.29, 1.82) is 0 Å². The Kier molecular flexibility index (Phi) is 4.83. The minimum Gasteiger partial charge on any atom is -0.411 e. The average Bonchev–Trinajstić information content (AvgIpc) is 3.62.